The van der Waals surface area contributed by atoms with Crippen molar-refractivity contribution in [2.24, 2.45) is 0 Å². The van der Waals surface area contributed by atoms with Crippen LogP contribution in [0.15, 0.2) is 126 Å². The highest BCUT2D eigenvalue weighted by Crippen LogP contribution is 2.60. The SMILES string of the molecule is COc1ccc(C(c2ccccc2)(c2ccc(OC)cc2)C(O)[C@H]2S[C@@H](n3ccc(NC(=O)c4ccccc4)nc3=O)[C@H](O)[C@@]2(O)[Si](C)(C)C(C)(C)C)cc1. The van der Waals surface area contributed by atoms with E-state index in [0.29, 0.717) is 17.1 Å². The minimum Gasteiger partial charge on any atom is -0.497 e. The van der Waals surface area contributed by atoms with Gasteiger partial charge in [-0.2, -0.15) is 4.98 Å². The fourth-order valence-electron chi connectivity index (χ4n) is 7.68. The fraction of sp³-hybridized carbons (Fsp3) is 0.326. The maximum Gasteiger partial charge on any atom is 0.350 e. The molecule has 4 aromatic carbocycles. The second-order valence-corrected chi connectivity index (χ2v) is 22.3. The van der Waals surface area contributed by atoms with Crippen LogP contribution in [0.2, 0.25) is 18.1 Å². The number of ether oxygens (including phenoxy) is 2. The molecular formula is C43H49N3O7SSi. The molecule has 0 bridgehead atoms. The molecule has 288 valence electrons. The number of carbonyl (C=O) groups is 1. The van der Waals surface area contributed by atoms with E-state index in [1.165, 1.54) is 16.8 Å². The summed E-state index contributed by atoms with van der Waals surface area (Å²) in [6.45, 7) is 10.2. The van der Waals surface area contributed by atoms with E-state index in [1.807, 2.05) is 113 Å². The van der Waals surface area contributed by atoms with E-state index in [1.54, 1.807) is 44.6 Å². The van der Waals surface area contributed by atoms with E-state index in [4.69, 9.17) is 9.47 Å². The van der Waals surface area contributed by atoms with Crippen LogP contribution in [0.3, 0.4) is 0 Å². The lowest BCUT2D eigenvalue weighted by atomic mass is 9.64. The first-order valence-corrected chi connectivity index (χ1v) is 22.1. The summed E-state index contributed by atoms with van der Waals surface area (Å²) in [4.78, 5) is 30.9. The van der Waals surface area contributed by atoms with E-state index in [9.17, 15) is 24.9 Å². The maximum absolute atomic E-state index is 13.8. The van der Waals surface area contributed by atoms with Crippen LogP contribution in [-0.2, 0) is 5.41 Å². The molecule has 0 aliphatic carbocycles. The molecule has 6 rings (SSSR count). The number of benzene rings is 4. The second-order valence-electron chi connectivity index (χ2n) is 15.5. The highest BCUT2D eigenvalue weighted by Gasteiger charge is 2.69. The molecule has 1 aliphatic rings. The molecule has 1 aliphatic heterocycles. The van der Waals surface area contributed by atoms with Crippen LogP contribution in [0.25, 0.3) is 0 Å². The summed E-state index contributed by atoms with van der Waals surface area (Å²) >= 11 is 1.16. The third kappa shape index (κ3) is 6.91. The largest absolute Gasteiger partial charge is 0.497 e. The van der Waals surface area contributed by atoms with Crippen molar-refractivity contribution in [3.63, 3.8) is 0 Å². The smallest absolute Gasteiger partial charge is 0.350 e. The Morgan fingerprint density at radius 1 is 0.836 bits per heavy atom. The quantitative estimate of drug-likeness (QED) is 0.0855. The topological polar surface area (TPSA) is 143 Å². The van der Waals surface area contributed by atoms with Gasteiger partial charge in [0, 0.05) is 11.8 Å². The van der Waals surface area contributed by atoms with Crippen LogP contribution < -0.4 is 20.5 Å². The van der Waals surface area contributed by atoms with Gasteiger partial charge in [0.05, 0.1) is 44.3 Å². The van der Waals surface area contributed by atoms with Gasteiger partial charge in [-0.05, 0) is 64.2 Å². The molecule has 4 N–H and O–H groups in total. The van der Waals surface area contributed by atoms with Crippen molar-refractivity contribution in [1.82, 2.24) is 9.55 Å². The van der Waals surface area contributed by atoms with E-state index >= 15 is 0 Å². The number of amides is 1. The summed E-state index contributed by atoms with van der Waals surface area (Å²) < 4.78 is 12.3. The fourth-order valence-corrected chi connectivity index (χ4v) is 13.5. The molecule has 1 saturated heterocycles. The number of hydrogen-bond acceptors (Lipinski definition) is 9. The number of methoxy groups -OCH3 is 2. The van der Waals surface area contributed by atoms with Crippen molar-refractivity contribution in [3.05, 3.63) is 154 Å². The lowest BCUT2D eigenvalue weighted by Gasteiger charge is -2.54. The number of thioether (sulfide) groups is 1. The predicted molar refractivity (Wildman–Crippen MR) is 220 cm³/mol. The predicted octanol–water partition coefficient (Wildman–Crippen LogP) is 6.66. The highest BCUT2D eigenvalue weighted by atomic mass is 32.2. The van der Waals surface area contributed by atoms with Crippen molar-refractivity contribution >= 4 is 31.6 Å². The third-order valence-corrected chi connectivity index (χ3v) is 20.0. The van der Waals surface area contributed by atoms with Gasteiger partial charge < -0.3 is 30.1 Å². The summed E-state index contributed by atoms with van der Waals surface area (Å²) in [5, 5.41) is 37.7. The zero-order valence-corrected chi connectivity index (χ0v) is 34.0. The lowest BCUT2D eigenvalue weighted by Crippen LogP contribution is -2.72. The zero-order valence-electron chi connectivity index (χ0n) is 32.1. The van der Waals surface area contributed by atoms with E-state index in [-0.39, 0.29) is 5.82 Å². The summed E-state index contributed by atoms with van der Waals surface area (Å²) in [6, 6.07) is 34.7. The van der Waals surface area contributed by atoms with Crippen LogP contribution >= 0.6 is 11.8 Å². The number of aliphatic hydroxyl groups excluding tert-OH is 2. The van der Waals surface area contributed by atoms with Crippen LogP contribution in [0.4, 0.5) is 5.82 Å². The van der Waals surface area contributed by atoms with Crippen molar-refractivity contribution in [1.29, 1.82) is 0 Å². The standard InChI is InChI=1S/C43H49N3O7SSi/c1-41(2,3)55(6,7)43(51)36(48)39(46-27-26-34(45-40(46)50)44-38(49)28-14-10-8-11-15-28)54-37(43)35(47)42(29-16-12-9-13-17-29,30-18-22-32(52-4)23-19-30)31-20-24-33(53-5)25-21-31/h8-27,35-37,39,47-48,51H,1-7H3,(H,44,45,49,50)/t35?,36-,37+,39+,43+/m0/s1. The molecule has 2 heterocycles. The van der Waals surface area contributed by atoms with Crippen molar-refractivity contribution in [2.45, 2.75) is 72.4 Å². The van der Waals surface area contributed by atoms with Gasteiger partial charge in [-0.3, -0.25) is 9.36 Å². The Labute approximate surface area is 327 Å². The molecule has 1 amide bonds. The van der Waals surface area contributed by atoms with Gasteiger partial charge in [-0.25, -0.2) is 4.79 Å². The third-order valence-electron chi connectivity index (χ3n) is 11.7. The molecule has 1 unspecified atom stereocenters. The normalized spacial score (nSPS) is 20.8. The number of rotatable bonds is 11. The number of nitrogens with zero attached hydrogens (tertiary/aromatic N) is 2. The molecule has 55 heavy (non-hydrogen) atoms. The summed E-state index contributed by atoms with van der Waals surface area (Å²) in [7, 11) is 0.117. The number of anilines is 1. The molecule has 0 spiro atoms. The molecule has 10 nitrogen and oxygen atoms in total. The summed E-state index contributed by atoms with van der Waals surface area (Å²) in [5.41, 5.74) is 0.580. The molecule has 5 atom stereocenters. The molecular weight excluding hydrogens is 731 g/mol. The van der Waals surface area contributed by atoms with Gasteiger partial charge in [-0.15, -0.1) is 11.8 Å². The minimum atomic E-state index is -3.07. The number of nitrogens with one attached hydrogen (secondary N) is 1. The number of carbonyl (C=O) groups excluding carboxylic acids is 1. The van der Waals surface area contributed by atoms with Gasteiger partial charge >= 0.3 is 5.69 Å². The molecule has 1 aromatic heterocycles. The van der Waals surface area contributed by atoms with E-state index in [0.717, 1.165) is 28.5 Å². The van der Waals surface area contributed by atoms with Gasteiger partial charge in [0.15, 0.2) is 0 Å². The Morgan fingerprint density at radius 2 is 1.33 bits per heavy atom. The van der Waals surface area contributed by atoms with Gasteiger partial charge in [0.25, 0.3) is 5.91 Å². The van der Waals surface area contributed by atoms with E-state index < -0.39 is 58.2 Å². The number of aromatic nitrogens is 2. The summed E-state index contributed by atoms with van der Waals surface area (Å²) in [5.74, 6) is 0.888. The average molecular weight is 780 g/mol. The first kappa shape index (κ1) is 40.0. The van der Waals surface area contributed by atoms with Crippen LogP contribution in [0, 0.1) is 0 Å². The lowest BCUT2D eigenvalue weighted by molar-refractivity contribution is -0.0505. The van der Waals surface area contributed by atoms with Crippen LogP contribution in [0.1, 0.15) is 53.2 Å². The van der Waals surface area contributed by atoms with Gasteiger partial charge in [0.2, 0.25) is 0 Å². The van der Waals surface area contributed by atoms with Crippen LogP contribution in [0.5, 0.6) is 11.5 Å². The Kier molecular flexibility index (Phi) is 11.2. The first-order valence-electron chi connectivity index (χ1n) is 18.2. The Morgan fingerprint density at radius 3 is 1.80 bits per heavy atom. The number of hydrogen-bond donors (Lipinski definition) is 4. The molecule has 1 fully saturated rings. The second kappa shape index (κ2) is 15.4. The Balaban J connectivity index is 1.54. The highest BCUT2D eigenvalue weighted by molar-refractivity contribution is 8.00. The minimum absolute atomic E-state index is 0.0472. The first-order chi connectivity index (χ1) is 26.1. The van der Waals surface area contributed by atoms with Crippen LogP contribution in [-0.4, -0.2) is 75.8 Å². The average Bonchev–Trinajstić information content (AvgIpc) is 3.46. The Bertz CT molecular complexity index is 2110. The summed E-state index contributed by atoms with van der Waals surface area (Å²) in [6.07, 6.45) is -1.41. The van der Waals surface area contributed by atoms with Gasteiger partial charge in [0.1, 0.15) is 28.8 Å². The molecule has 12 heteroatoms. The van der Waals surface area contributed by atoms with Crippen molar-refractivity contribution in [2.75, 3.05) is 19.5 Å². The maximum atomic E-state index is 13.8. The molecule has 0 radical (unpaired) electrons. The molecule has 0 saturated carbocycles. The van der Waals surface area contributed by atoms with E-state index in [2.05, 4.69) is 10.3 Å². The van der Waals surface area contributed by atoms with Crippen molar-refractivity contribution in [3.8, 4) is 11.5 Å². The van der Waals surface area contributed by atoms with Gasteiger partial charge in [-0.1, -0.05) is 107 Å². The monoisotopic (exact) mass is 779 g/mol. The molecule has 5 aromatic rings. The number of aliphatic hydroxyl groups is 3. The zero-order chi connectivity index (χ0) is 39.8. The Hall–Kier alpha value is -4.72. The van der Waals surface area contributed by atoms with Crippen molar-refractivity contribution < 1.29 is 29.6 Å².